The number of nitrogens with zero attached hydrogens (tertiary/aromatic N) is 3. The zero-order valence-corrected chi connectivity index (χ0v) is 15.3. The van der Waals surface area contributed by atoms with E-state index < -0.39 is 0 Å². The lowest BCUT2D eigenvalue weighted by Gasteiger charge is -2.30. The molecule has 4 nitrogen and oxygen atoms in total. The fraction of sp³-hybridized carbons (Fsp3) is 0.263. The van der Waals surface area contributed by atoms with Gasteiger partial charge in [-0.2, -0.15) is 0 Å². The minimum Gasteiger partial charge on any atom is -0.334 e. The van der Waals surface area contributed by atoms with E-state index in [4.69, 9.17) is 9.97 Å². The van der Waals surface area contributed by atoms with Crippen molar-refractivity contribution in [1.29, 1.82) is 0 Å². The summed E-state index contributed by atoms with van der Waals surface area (Å²) in [5.74, 6) is 0.844. The highest BCUT2D eigenvalue weighted by Gasteiger charge is 2.21. The predicted octanol–water partition coefficient (Wildman–Crippen LogP) is 2.39. The Balaban J connectivity index is 1.86. The first-order chi connectivity index (χ1) is 11.7. The van der Waals surface area contributed by atoms with E-state index in [2.05, 4.69) is 64.3 Å². The molecular weight excluding hydrogens is 364 g/mol. The van der Waals surface area contributed by atoms with Gasteiger partial charge in [0.15, 0.2) is 0 Å². The van der Waals surface area contributed by atoms with Gasteiger partial charge in [-0.3, -0.25) is 0 Å². The van der Waals surface area contributed by atoms with Crippen LogP contribution in [0.4, 0.5) is 5.95 Å². The highest BCUT2D eigenvalue weighted by atomic mass is 79.9. The van der Waals surface area contributed by atoms with Crippen LogP contribution in [0.2, 0.25) is 0 Å². The lowest BCUT2D eigenvalue weighted by molar-refractivity contribution is -0.880. The molecule has 2 heterocycles. The number of hydrogen-bond donors (Lipinski definition) is 1. The maximum absolute atomic E-state index is 4.95. The van der Waals surface area contributed by atoms with Crippen molar-refractivity contribution in [3.8, 4) is 11.3 Å². The van der Waals surface area contributed by atoms with Crippen LogP contribution in [0, 0.1) is 0 Å². The molecular formula is C19H20BrN4+. The average Bonchev–Trinajstić information content (AvgIpc) is 2.62. The summed E-state index contributed by atoms with van der Waals surface area (Å²) in [5, 5.41) is 1.08. The summed E-state index contributed by atoms with van der Waals surface area (Å²) in [6, 6.07) is 16.6. The summed E-state index contributed by atoms with van der Waals surface area (Å²) in [6.07, 6.45) is 0. The largest absolute Gasteiger partial charge is 0.334 e. The predicted molar refractivity (Wildman–Crippen MR) is 102 cm³/mol. The Hall–Kier alpha value is -1.98. The molecule has 24 heavy (non-hydrogen) atoms. The lowest BCUT2D eigenvalue weighted by atomic mass is 10.1. The second-order valence-electron chi connectivity index (χ2n) is 6.34. The Morgan fingerprint density at radius 2 is 1.75 bits per heavy atom. The molecule has 1 aliphatic heterocycles. The van der Waals surface area contributed by atoms with E-state index in [1.54, 1.807) is 4.90 Å². The van der Waals surface area contributed by atoms with E-state index in [-0.39, 0.29) is 0 Å². The van der Waals surface area contributed by atoms with Crippen molar-refractivity contribution < 1.29 is 4.90 Å². The van der Waals surface area contributed by atoms with E-state index in [9.17, 15) is 0 Å². The Bertz CT molecular complexity index is 858. The number of halogens is 1. The lowest BCUT2D eigenvalue weighted by Crippen LogP contribution is -3.12. The van der Waals surface area contributed by atoms with Crippen molar-refractivity contribution in [2.24, 2.45) is 0 Å². The number of piperazine rings is 1. The molecule has 0 unspecified atom stereocenters. The van der Waals surface area contributed by atoms with E-state index in [0.29, 0.717) is 0 Å². The molecule has 0 radical (unpaired) electrons. The molecule has 0 bridgehead atoms. The zero-order valence-electron chi connectivity index (χ0n) is 13.7. The van der Waals surface area contributed by atoms with Crippen LogP contribution >= 0.6 is 15.9 Å². The Kier molecular flexibility index (Phi) is 4.21. The van der Waals surface area contributed by atoms with Crippen molar-refractivity contribution in [3.63, 3.8) is 0 Å². The molecule has 5 heteroatoms. The number of rotatable bonds is 2. The molecule has 0 aliphatic carbocycles. The van der Waals surface area contributed by atoms with Crippen molar-refractivity contribution in [2.45, 2.75) is 0 Å². The smallest absolute Gasteiger partial charge is 0.226 e. The molecule has 1 aromatic heterocycles. The third-order valence-electron chi connectivity index (χ3n) is 4.59. The number of benzene rings is 2. The molecule has 1 aliphatic rings. The normalized spacial score (nSPS) is 15.8. The highest BCUT2D eigenvalue weighted by Crippen LogP contribution is 2.30. The van der Waals surface area contributed by atoms with Crippen molar-refractivity contribution in [2.75, 3.05) is 38.1 Å². The van der Waals surface area contributed by atoms with Gasteiger partial charge in [0.2, 0.25) is 5.95 Å². The summed E-state index contributed by atoms with van der Waals surface area (Å²) >= 11 is 3.57. The number of nitrogens with one attached hydrogen (secondary N) is 1. The molecule has 1 fully saturated rings. The van der Waals surface area contributed by atoms with E-state index in [1.165, 1.54) is 0 Å². The van der Waals surface area contributed by atoms with Gasteiger partial charge < -0.3 is 9.80 Å². The maximum atomic E-state index is 4.95. The van der Waals surface area contributed by atoms with E-state index >= 15 is 0 Å². The van der Waals surface area contributed by atoms with Crippen LogP contribution in [-0.2, 0) is 0 Å². The van der Waals surface area contributed by atoms with Gasteiger partial charge in [0.1, 0.15) is 0 Å². The fourth-order valence-electron chi connectivity index (χ4n) is 3.13. The Morgan fingerprint density at radius 3 is 2.50 bits per heavy atom. The first-order valence-corrected chi connectivity index (χ1v) is 9.09. The zero-order chi connectivity index (χ0) is 16.5. The number of hydrogen-bond acceptors (Lipinski definition) is 3. The molecule has 2 aromatic carbocycles. The third kappa shape index (κ3) is 3.01. The molecule has 0 amide bonds. The minimum absolute atomic E-state index is 0.844. The van der Waals surface area contributed by atoms with Gasteiger partial charge >= 0.3 is 0 Å². The molecule has 0 saturated carbocycles. The van der Waals surface area contributed by atoms with Gasteiger partial charge in [0, 0.05) is 15.4 Å². The third-order valence-corrected chi connectivity index (χ3v) is 5.09. The number of fused-ring (bicyclic) bond motifs is 1. The molecule has 122 valence electrons. The highest BCUT2D eigenvalue weighted by molar-refractivity contribution is 9.10. The number of likely N-dealkylation sites (N-methyl/N-ethyl adjacent to an activating group) is 1. The molecule has 0 spiro atoms. The molecule has 0 atom stereocenters. The first-order valence-electron chi connectivity index (χ1n) is 8.30. The number of quaternary nitrogens is 1. The molecule has 1 saturated heterocycles. The summed E-state index contributed by atoms with van der Waals surface area (Å²) in [7, 11) is 2.24. The molecule has 3 aromatic rings. The minimum atomic E-state index is 0.844. The van der Waals surface area contributed by atoms with Crippen molar-refractivity contribution >= 4 is 32.8 Å². The topological polar surface area (TPSA) is 33.5 Å². The van der Waals surface area contributed by atoms with Crippen LogP contribution in [-0.4, -0.2) is 43.2 Å². The van der Waals surface area contributed by atoms with Crippen LogP contribution in [0.15, 0.2) is 53.0 Å². The van der Waals surface area contributed by atoms with Gasteiger partial charge in [-0.1, -0.05) is 46.3 Å². The van der Waals surface area contributed by atoms with Gasteiger partial charge in [0.25, 0.3) is 0 Å². The van der Waals surface area contributed by atoms with Gasteiger partial charge in [-0.15, -0.1) is 0 Å². The summed E-state index contributed by atoms with van der Waals surface area (Å²) in [6.45, 7) is 4.26. The van der Waals surface area contributed by atoms with Crippen LogP contribution in [0.25, 0.3) is 22.2 Å². The van der Waals surface area contributed by atoms with Crippen LogP contribution < -0.4 is 9.80 Å². The Morgan fingerprint density at radius 1 is 1.00 bits per heavy atom. The quantitative estimate of drug-likeness (QED) is 0.737. The van der Waals surface area contributed by atoms with Gasteiger partial charge in [-0.05, 0) is 18.2 Å². The van der Waals surface area contributed by atoms with Gasteiger partial charge in [0.05, 0.1) is 44.4 Å². The molecule has 4 rings (SSSR count). The fourth-order valence-corrected chi connectivity index (χ4v) is 3.50. The van der Waals surface area contributed by atoms with E-state index in [1.807, 2.05) is 12.1 Å². The van der Waals surface area contributed by atoms with Crippen LogP contribution in [0.1, 0.15) is 0 Å². The number of anilines is 1. The van der Waals surface area contributed by atoms with Gasteiger partial charge in [-0.25, -0.2) is 9.97 Å². The SMILES string of the molecule is C[NH+]1CCN(c2nc(-c3ccccc3)c3cc(Br)ccc3n2)CC1. The second-order valence-corrected chi connectivity index (χ2v) is 7.26. The van der Waals surface area contributed by atoms with Crippen LogP contribution in [0.3, 0.4) is 0 Å². The number of aromatic nitrogens is 2. The second kappa shape index (κ2) is 6.49. The van der Waals surface area contributed by atoms with Crippen molar-refractivity contribution in [1.82, 2.24) is 9.97 Å². The monoisotopic (exact) mass is 383 g/mol. The summed E-state index contributed by atoms with van der Waals surface area (Å²) < 4.78 is 1.05. The summed E-state index contributed by atoms with van der Waals surface area (Å²) in [4.78, 5) is 13.7. The molecule has 1 N–H and O–H groups in total. The van der Waals surface area contributed by atoms with Crippen molar-refractivity contribution in [3.05, 3.63) is 53.0 Å². The average molecular weight is 384 g/mol. The van der Waals surface area contributed by atoms with Crippen LogP contribution in [0.5, 0.6) is 0 Å². The standard InChI is InChI=1S/C19H19BrN4/c1-23-9-11-24(12-10-23)19-21-17-8-7-15(20)13-16(17)18(22-19)14-5-3-2-4-6-14/h2-8,13H,9-12H2,1H3/p+1. The first kappa shape index (κ1) is 15.5. The Labute approximate surface area is 150 Å². The van der Waals surface area contributed by atoms with E-state index in [0.717, 1.165) is 58.8 Å². The maximum Gasteiger partial charge on any atom is 0.226 e. The summed E-state index contributed by atoms with van der Waals surface area (Å²) in [5.41, 5.74) is 3.13.